The van der Waals surface area contributed by atoms with E-state index < -0.39 is 0 Å². The van der Waals surface area contributed by atoms with Gasteiger partial charge in [0.1, 0.15) is 0 Å². The zero-order valence-corrected chi connectivity index (χ0v) is 12.4. The van der Waals surface area contributed by atoms with E-state index in [2.05, 4.69) is 47.1 Å². The van der Waals surface area contributed by atoms with Gasteiger partial charge in [0.05, 0.1) is 0 Å². The van der Waals surface area contributed by atoms with Gasteiger partial charge < -0.3 is 0 Å². The number of hydrogen-bond donors (Lipinski definition) is 0. The summed E-state index contributed by atoms with van der Waals surface area (Å²) in [5, 5.41) is 0. The molecule has 0 aromatic heterocycles. The van der Waals surface area contributed by atoms with E-state index in [1.165, 1.54) is 56.1 Å². The van der Waals surface area contributed by atoms with Gasteiger partial charge in [-0.15, -0.1) is 0 Å². The van der Waals surface area contributed by atoms with E-state index in [-0.39, 0.29) is 0 Å². The maximum atomic E-state index is 3.84. The van der Waals surface area contributed by atoms with Crippen molar-refractivity contribution in [2.75, 3.05) is 0 Å². The van der Waals surface area contributed by atoms with Crippen LogP contribution in [0.4, 0.5) is 0 Å². The molecule has 1 aliphatic rings. The highest BCUT2D eigenvalue weighted by Crippen LogP contribution is 2.38. The summed E-state index contributed by atoms with van der Waals surface area (Å²) in [7, 11) is 0. The van der Waals surface area contributed by atoms with Crippen molar-refractivity contribution in [3.05, 3.63) is 35.4 Å². The lowest BCUT2D eigenvalue weighted by atomic mass is 9.81. The zero-order chi connectivity index (χ0) is 12.1. The molecular formula is C16H23Br. The highest BCUT2D eigenvalue weighted by molar-refractivity contribution is 9.09. The summed E-state index contributed by atoms with van der Waals surface area (Å²) < 4.78 is 0. The minimum absolute atomic E-state index is 0.563. The Morgan fingerprint density at radius 1 is 1.24 bits per heavy atom. The fraction of sp³-hybridized carbons (Fsp3) is 0.625. The third kappa shape index (κ3) is 3.84. The molecular weight excluding hydrogens is 272 g/mol. The van der Waals surface area contributed by atoms with Gasteiger partial charge in [0.2, 0.25) is 0 Å². The summed E-state index contributed by atoms with van der Waals surface area (Å²) in [6, 6.07) is 9.23. The monoisotopic (exact) mass is 294 g/mol. The number of alkyl halides is 1. The molecule has 0 radical (unpaired) electrons. The summed E-state index contributed by atoms with van der Waals surface area (Å²) in [4.78, 5) is 0.563. The maximum Gasteiger partial charge on any atom is 0.0397 e. The smallest absolute Gasteiger partial charge is 0.0397 e. The van der Waals surface area contributed by atoms with Crippen molar-refractivity contribution in [3.63, 3.8) is 0 Å². The van der Waals surface area contributed by atoms with E-state index in [4.69, 9.17) is 0 Å². The van der Waals surface area contributed by atoms with Crippen molar-refractivity contribution < 1.29 is 0 Å². The number of halogens is 1. The SMILES string of the molecule is CCCCc1ccc(C(Br)CC2CCC2)cc1. The number of rotatable bonds is 6. The average Bonchev–Trinajstić information content (AvgIpc) is 2.31. The van der Waals surface area contributed by atoms with Crippen LogP contribution in [0.25, 0.3) is 0 Å². The molecule has 1 unspecified atom stereocenters. The molecule has 0 spiro atoms. The van der Waals surface area contributed by atoms with Crippen LogP contribution in [0, 0.1) is 5.92 Å². The van der Waals surface area contributed by atoms with Crippen molar-refractivity contribution in [2.45, 2.75) is 56.7 Å². The van der Waals surface area contributed by atoms with E-state index in [1.54, 1.807) is 0 Å². The fourth-order valence-corrected chi connectivity index (χ4v) is 3.27. The van der Waals surface area contributed by atoms with Gasteiger partial charge in [-0.25, -0.2) is 0 Å². The van der Waals surface area contributed by atoms with Gasteiger partial charge in [-0.2, -0.15) is 0 Å². The van der Waals surface area contributed by atoms with Gasteiger partial charge in [-0.1, -0.05) is 72.8 Å². The molecule has 0 bridgehead atoms. The second-order valence-electron chi connectivity index (χ2n) is 5.35. The van der Waals surface area contributed by atoms with Crippen LogP contribution in [0.15, 0.2) is 24.3 Å². The fourth-order valence-electron chi connectivity index (χ4n) is 2.43. The van der Waals surface area contributed by atoms with Crippen molar-refractivity contribution in [3.8, 4) is 0 Å². The average molecular weight is 295 g/mol. The standard InChI is InChI=1S/C16H23Br/c1-2-3-5-13-8-10-15(11-9-13)16(17)12-14-6-4-7-14/h8-11,14,16H,2-7,12H2,1H3. The molecule has 0 heterocycles. The molecule has 1 atom stereocenters. The van der Waals surface area contributed by atoms with Crippen LogP contribution in [0.1, 0.15) is 61.4 Å². The summed E-state index contributed by atoms with van der Waals surface area (Å²) >= 11 is 3.84. The van der Waals surface area contributed by atoms with E-state index >= 15 is 0 Å². The summed E-state index contributed by atoms with van der Waals surface area (Å²) in [5.74, 6) is 0.971. The molecule has 0 nitrogen and oxygen atoms in total. The third-order valence-electron chi connectivity index (χ3n) is 3.93. The van der Waals surface area contributed by atoms with Crippen LogP contribution in [0.2, 0.25) is 0 Å². The van der Waals surface area contributed by atoms with Gasteiger partial charge in [0, 0.05) is 4.83 Å². The number of hydrogen-bond acceptors (Lipinski definition) is 0. The molecule has 0 aliphatic heterocycles. The molecule has 2 rings (SSSR count). The van der Waals surface area contributed by atoms with Gasteiger partial charge in [-0.3, -0.25) is 0 Å². The number of aryl methyl sites for hydroxylation is 1. The molecule has 1 heteroatoms. The van der Waals surface area contributed by atoms with Crippen LogP contribution in [-0.2, 0) is 6.42 Å². The van der Waals surface area contributed by atoms with E-state index in [0.29, 0.717) is 4.83 Å². The molecule has 94 valence electrons. The first-order valence-corrected chi connectivity index (χ1v) is 7.94. The Morgan fingerprint density at radius 2 is 1.94 bits per heavy atom. The summed E-state index contributed by atoms with van der Waals surface area (Å²) in [6.45, 7) is 2.25. The predicted molar refractivity (Wildman–Crippen MR) is 78.7 cm³/mol. The Kier molecular flexibility index (Phi) is 5.09. The van der Waals surface area contributed by atoms with E-state index in [1.807, 2.05) is 0 Å². The largest absolute Gasteiger partial charge is 0.0839 e. The normalized spacial score (nSPS) is 17.8. The first-order valence-electron chi connectivity index (χ1n) is 7.02. The maximum absolute atomic E-state index is 3.84. The van der Waals surface area contributed by atoms with E-state index in [0.717, 1.165) is 5.92 Å². The number of benzene rings is 1. The molecule has 0 saturated heterocycles. The molecule has 0 N–H and O–H groups in total. The molecule has 0 amide bonds. The topological polar surface area (TPSA) is 0 Å². The minimum atomic E-state index is 0.563. The van der Waals surface area contributed by atoms with Gasteiger partial charge in [-0.05, 0) is 36.3 Å². The van der Waals surface area contributed by atoms with Crippen molar-refractivity contribution >= 4 is 15.9 Å². The molecule has 1 aliphatic carbocycles. The van der Waals surface area contributed by atoms with Crippen molar-refractivity contribution in [2.24, 2.45) is 5.92 Å². The van der Waals surface area contributed by atoms with Crippen LogP contribution in [0.5, 0.6) is 0 Å². The molecule has 1 fully saturated rings. The summed E-state index contributed by atoms with van der Waals surface area (Å²) in [6.07, 6.45) is 9.46. The number of unbranched alkanes of at least 4 members (excludes halogenated alkanes) is 1. The molecule has 1 saturated carbocycles. The lowest BCUT2D eigenvalue weighted by Gasteiger charge is -2.27. The second-order valence-corrected chi connectivity index (χ2v) is 6.45. The predicted octanol–water partition coefficient (Wildman–Crippen LogP) is 5.66. The quantitative estimate of drug-likeness (QED) is 0.594. The van der Waals surface area contributed by atoms with Crippen LogP contribution in [0.3, 0.4) is 0 Å². The van der Waals surface area contributed by atoms with Gasteiger partial charge in [0.25, 0.3) is 0 Å². The Morgan fingerprint density at radius 3 is 2.47 bits per heavy atom. The van der Waals surface area contributed by atoms with E-state index in [9.17, 15) is 0 Å². The van der Waals surface area contributed by atoms with Crippen molar-refractivity contribution in [1.82, 2.24) is 0 Å². The Balaban J connectivity index is 1.87. The molecule has 1 aromatic carbocycles. The second kappa shape index (κ2) is 6.58. The van der Waals surface area contributed by atoms with Crippen LogP contribution >= 0.6 is 15.9 Å². The van der Waals surface area contributed by atoms with Crippen molar-refractivity contribution in [1.29, 1.82) is 0 Å². The first-order chi connectivity index (χ1) is 8.29. The Bertz CT molecular complexity index is 324. The Labute approximate surface area is 114 Å². The van der Waals surface area contributed by atoms with Crippen LogP contribution in [-0.4, -0.2) is 0 Å². The highest BCUT2D eigenvalue weighted by Gasteiger charge is 2.21. The van der Waals surface area contributed by atoms with Gasteiger partial charge in [0.15, 0.2) is 0 Å². The Hall–Kier alpha value is -0.300. The highest BCUT2D eigenvalue weighted by atomic mass is 79.9. The molecule has 1 aromatic rings. The lowest BCUT2D eigenvalue weighted by Crippen LogP contribution is -2.12. The zero-order valence-electron chi connectivity index (χ0n) is 10.8. The van der Waals surface area contributed by atoms with Gasteiger partial charge >= 0.3 is 0 Å². The minimum Gasteiger partial charge on any atom is -0.0839 e. The summed E-state index contributed by atoms with van der Waals surface area (Å²) in [5.41, 5.74) is 2.94. The lowest BCUT2D eigenvalue weighted by molar-refractivity contribution is 0.295. The third-order valence-corrected chi connectivity index (χ3v) is 4.83. The first kappa shape index (κ1) is 13.1. The van der Waals surface area contributed by atoms with Crippen LogP contribution < -0.4 is 0 Å². The molecule has 17 heavy (non-hydrogen) atoms.